The van der Waals surface area contributed by atoms with Crippen molar-refractivity contribution in [1.82, 2.24) is 10.5 Å². The highest BCUT2D eigenvalue weighted by atomic mass is 16.2. The van der Waals surface area contributed by atoms with E-state index in [-0.39, 0.29) is 18.8 Å². The molecule has 0 aliphatic rings. The molecule has 85 valence electrons. The number of amides is 2. The molecule has 0 unspecified atom stereocenters. The van der Waals surface area contributed by atoms with E-state index in [0.717, 1.165) is 12.7 Å². The molecule has 0 saturated carbocycles. The number of carbonyl (C=O) groups is 2. The topological polar surface area (TPSA) is 58.2 Å². The highest BCUT2D eigenvalue weighted by Crippen LogP contribution is 1.97. The molecule has 0 aliphatic heterocycles. The van der Waals surface area contributed by atoms with Crippen LogP contribution in [0.3, 0.4) is 0 Å². The van der Waals surface area contributed by atoms with Gasteiger partial charge in [0.15, 0.2) is 0 Å². The van der Waals surface area contributed by atoms with Gasteiger partial charge in [-0.3, -0.25) is 9.59 Å². The van der Waals surface area contributed by atoms with Crippen LogP contribution >= 0.6 is 0 Å². The van der Waals surface area contributed by atoms with E-state index in [9.17, 15) is 9.59 Å². The summed E-state index contributed by atoms with van der Waals surface area (Å²) >= 11 is 0. The zero-order valence-electron chi connectivity index (χ0n) is 9.80. The van der Waals surface area contributed by atoms with Gasteiger partial charge >= 0.3 is 6.98 Å². The first-order valence-electron chi connectivity index (χ1n) is 5.50. The first kappa shape index (κ1) is 14.0. The minimum atomic E-state index is -0.235. The van der Waals surface area contributed by atoms with Crippen LogP contribution in [-0.2, 0) is 9.59 Å². The second-order valence-corrected chi connectivity index (χ2v) is 3.38. The summed E-state index contributed by atoms with van der Waals surface area (Å²) in [5, 5.41) is 5.55. The van der Waals surface area contributed by atoms with E-state index in [1.54, 1.807) is 13.8 Å². The van der Waals surface area contributed by atoms with Crippen molar-refractivity contribution in [3.05, 3.63) is 6.42 Å². The second-order valence-electron chi connectivity index (χ2n) is 3.38. The number of hydrogen-bond acceptors (Lipinski definition) is 2. The van der Waals surface area contributed by atoms with Crippen LogP contribution in [0.1, 0.15) is 40.0 Å². The van der Waals surface area contributed by atoms with Gasteiger partial charge < -0.3 is 10.5 Å². The lowest BCUT2D eigenvalue weighted by atomic mass is 9.70. The summed E-state index contributed by atoms with van der Waals surface area (Å²) in [4.78, 5) is 22.4. The highest BCUT2D eigenvalue weighted by Gasteiger charge is 2.18. The standard InChI is InChI=1S/C10H20BN2O2/c1-4-7-8-11(12-9(14)5-2)13-10(15)6-3/h4H,5-8H2,1-3H3,(H,12,14)(H,13,15). The van der Waals surface area contributed by atoms with E-state index in [2.05, 4.69) is 10.5 Å². The molecule has 1 radical (unpaired) electrons. The molecule has 0 aliphatic carbocycles. The van der Waals surface area contributed by atoms with Gasteiger partial charge in [-0.2, -0.15) is 0 Å². The molecule has 4 nitrogen and oxygen atoms in total. The van der Waals surface area contributed by atoms with E-state index in [0.29, 0.717) is 12.8 Å². The smallest absolute Gasteiger partial charge is 0.374 e. The van der Waals surface area contributed by atoms with E-state index < -0.39 is 0 Å². The van der Waals surface area contributed by atoms with Crippen molar-refractivity contribution >= 4 is 18.8 Å². The molecule has 0 atom stereocenters. The molecule has 0 heterocycles. The van der Waals surface area contributed by atoms with Crippen LogP contribution in [0, 0.1) is 6.42 Å². The van der Waals surface area contributed by atoms with Crippen LogP contribution in [0.25, 0.3) is 0 Å². The Labute approximate surface area is 92.3 Å². The minimum Gasteiger partial charge on any atom is -0.380 e. The quantitative estimate of drug-likeness (QED) is 0.620. The number of carbonyl (C=O) groups excluding carboxylic acids is 2. The predicted molar refractivity (Wildman–Crippen MR) is 62.0 cm³/mol. The summed E-state index contributed by atoms with van der Waals surface area (Å²) in [6.07, 6.45) is 4.51. The maximum absolute atomic E-state index is 11.2. The lowest BCUT2D eigenvalue weighted by molar-refractivity contribution is -0.119. The molecule has 15 heavy (non-hydrogen) atoms. The van der Waals surface area contributed by atoms with Gasteiger partial charge in [-0.05, 0) is 12.7 Å². The third-order valence-electron chi connectivity index (χ3n) is 2.06. The molecule has 0 fully saturated rings. The zero-order valence-corrected chi connectivity index (χ0v) is 9.80. The maximum Gasteiger partial charge on any atom is 0.374 e. The third kappa shape index (κ3) is 7.00. The van der Waals surface area contributed by atoms with Gasteiger partial charge in [-0.1, -0.05) is 27.2 Å². The Balaban J connectivity index is 4.05. The maximum atomic E-state index is 11.2. The summed E-state index contributed by atoms with van der Waals surface area (Å²) in [6.45, 7) is 5.31. The number of nitrogens with one attached hydrogen (secondary N) is 2. The van der Waals surface area contributed by atoms with Crippen molar-refractivity contribution in [3.63, 3.8) is 0 Å². The number of hydrogen-bond donors (Lipinski definition) is 2. The molecule has 2 amide bonds. The Morgan fingerprint density at radius 1 is 1.13 bits per heavy atom. The lowest BCUT2D eigenvalue weighted by Crippen LogP contribution is -2.52. The average Bonchev–Trinajstić information content (AvgIpc) is 2.25. The SMILES string of the molecule is C[CH]CCB(NC(=O)CC)NC(=O)CC. The Hall–Kier alpha value is -0.995. The van der Waals surface area contributed by atoms with Crippen LogP contribution in [0.4, 0.5) is 0 Å². The summed E-state index contributed by atoms with van der Waals surface area (Å²) in [5.74, 6) is -0.0694. The van der Waals surface area contributed by atoms with E-state index in [1.807, 2.05) is 13.3 Å². The first-order chi connectivity index (χ1) is 7.13. The predicted octanol–water partition coefficient (Wildman–Crippen LogP) is 1.14. The van der Waals surface area contributed by atoms with Crippen molar-refractivity contribution < 1.29 is 9.59 Å². The second kappa shape index (κ2) is 8.32. The normalized spacial score (nSPS) is 9.53. The molecule has 0 aromatic rings. The Kier molecular flexibility index (Phi) is 7.77. The third-order valence-corrected chi connectivity index (χ3v) is 2.06. The molecule has 0 rings (SSSR count). The van der Waals surface area contributed by atoms with Gasteiger partial charge in [0.05, 0.1) is 0 Å². The Bertz CT molecular complexity index is 192. The van der Waals surface area contributed by atoms with E-state index in [4.69, 9.17) is 0 Å². The van der Waals surface area contributed by atoms with Crippen molar-refractivity contribution in [2.45, 2.75) is 46.4 Å². The fourth-order valence-electron chi connectivity index (χ4n) is 1.11. The molecule has 0 aromatic carbocycles. The van der Waals surface area contributed by atoms with Gasteiger partial charge in [-0.15, -0.1) is 0 Å². The van der Waals surface area contributed by atoms with Crippen LogP contribution in [0.15, 0.2) is 0 Å². The van der Waals surface area contributed by atoms with Crippen molar-refractivity contribution in [2.24, 2.45) is 0 Å². The monoisotopic (exact) mass is 211 g/mol. The van der Waals surface area contributed by atoms with E-state index >= 15 is 0 Å². The molecule has 5 heteroatoms. The van der Waals surface area contributed by atoms with Crippen LogP contribution < -0.4 is 10.5 Å². The molecule has 2 N–H and O–H groups in total. The van der Waals surface area contributed by atoms with Gasteiger partial charge in [0.25, 0.3) is 0 Å². The molecular formula is C10H20BN2O2. The fourth-order valence-corrected chi connectivity index (χ4v) is 1.11. The summed E-state index contributed by atoms with van der Waals surface area (Å²) < 4.78 is 0. The molecule has 0 spiro atoms. The molecule has 0 bridgehead atoms. The van der Waals surface area contributed by atoms with Crippen LogP contribution in [0.2, 0.25) is 6.32 Å². The average molecular weight is 211 g/mol. The lowest BCUT2D eigenvalue weighted by Gasteiger charge is -2.14. The highest BCUT2D eigenvalue weighted by molar-refractivity contribution is 6.59. The zero-order chi connectivity index (χ0) is 11.7. The van der Waals surface area contributed by atoms with Crippen molar-refractivity contribution in [2.75, 3.05) is 0 Å². The number of unbranched alkanes of at least 4 members (excludes halogenated alkanes) is 1. The Morgan fingerprint density at radius 2 is 1.60 bits per heavy atom. The van der Waals surface area contributed by atoms with Crippen molar-refractivity contribution in [1.29, 1.82) is 0 Å². The van der Waals surface area contributed by atoms with Crippen LogP contribution in [-0.4, -0.2) is 18.8 Å². The van der Waals surface area contributed by atoms with E-state index in [1.165, 1.54) is 0 Å². The summed E-state index contributed by atoms with van der Waals surface area (Å²) in [5.41, 5.74) is 0. The van der Waals surface area contributed by atoms with Gasteiger partial charge in [0, 0.05) is 12.8 Å². The summed E-state index contributed by atoms with van der Waals surface area (Å²) in [6, 6.07) is 0. The largest absolute Gasteiger partial charge is 0.380 e. The summed E-state index contributed by atoms with van der Waals surface area (Å²) in [7, 11) is 0. The van der Waals surface area contributed by atoms with Crippen molar-refractivity contribution in [3.8, 4) is 0 Å². The van der Waals surface area contributed by atoms with Gasteiger partial charge in [0.2, 0.25) is 11.8 Å². The van der Waals surface area contributed by atoms with Crippen LogP contribution in [0.5, 0.6) is 0 Å². The number of rotatable bonds is 7. The molecule has 0 aromatic heterocycles. The molecule has 0 saturated heterocycles. The van der Waals surface area contributed by atoms with Gasteiger partial charge in [-0.25, -0.2) is 0 Å². The Morgan fingerprint density at radius 3 is 1.93 bits per heavy atom. The molecular weight excluding hydrogens is 191 g/mol. The van der Waals surface area contributed by atoms with Gasteiger partial charge in [0.1, 0.15) is 0 Å². The fraction of sp³-hybridized carbons (Fsp3) is 0.700. The minimum absolute atomic E-state index is 0.0347. The first-order valence-corrected chi connectivity index (χ1v) is 5.50.